The van der Waals surface area contributed by atoms with Gasteiger partial charge in [-0.3, -0.25) is 4.90 Å². The Balaban J connectivity index is 2.55. The summed E-state index contributed by atoms with van der Waals surface area (Å²) in [5.74, 6) is 1.57. The van der Waals surface area contributed by atoms with Gasteiger partial charge in [-0.1, -0.05) is 20.8 Å². The van der Waals surface area contributed by atoms with Gasteiger partial charge in [-0.25, -0.2) is 0 Å². The molecule has 5 heteroatoms. The maximum atomic E-state index is 8.93. The largest absolute Gasteiger partial charge is 0.424 e. The first-order valence-electron chi connectivity index (χ1n) is 5.82. The second-order valence-corrected chi connectivity index (χ2v) is 4.19. The van der Waals surface area contributed by atoms with Crippen LogP contribution in [0.3, 0.4) is 0 Å². The lowest BCUT2D eigenvalue weighted by Crippen LogP contribution is -2.27. The van der Waals surface area contributed by atoms with E-state index in [1.807, 2.05) is 13.8 Å². The van der Waals surface area contributed by atoms with E-state index in [1.165, 1.54) is 0 Å². The van der Waals surface area contributed by atoms with E-state index in [9.17, 15) is 0 Å². The van der Waals surface area contributed by atoms with E-state index in [1.54, 1.807) is 0 Å². The summed E-state index contributed by atoms with van der Waals surface area (Å²) < 4.78 is 5.52. The van der Waals surface area contributed by atoms with Crippen LogP contribution in [0.4, 0.5) is 0 Å². The summed E-state index contributed by atoms with van der Waals surface area (Å²) in [6.45, 7) is 8.51. The standard InChI is InChI=1S/C11H21N3O2/c1-4-5-14(6-7-15)8-10-12-13-11(16-10)9(2)3/h9,15H,4-8H2,1-3H3. The highest BCUT2D eigenvalue weighted by molar-refractivity contribution is 4.87. The van der Waals surface area contributed by atoms with Gasteiger partial charge in [0.2, 0.25) is 11.8 Å². The minimum atomic E-state index is 0.158. The van der Waals surface area contributed by atoms with Gasteiger partial charge in [0.05, 0.1) is 13.2 Å². The van der Waals surface area contributed by atoms with Crippen molar-refractivity contribution in [1.82, 2.24) is 15.1 Å². The van der Waals surface area contributed by atoms with Crippen LogP contribution < -0.4 is 0 Å². The van der Waals surface area contributed by atoms with Gasteiger partial charge < -0.3 is 9.52 Å². The van der Waals surface area contributed by atoms with Crippen LogP contribution in [0, 0.1) is 0 Å². The van der Waals surface area contributed by atoms with Crippen LogP contribution in [0.2, 0.25) is 0 Å². The molecule has 1 heterocycles. The maximum Gasteiger partial charge on any atom is 0.230 e. The van der Waals surface area contributed by atoms with E-state index < -0.39 is 0 Å². The molecule has 0 aliphatic heterocycles. The predicted molar refractivity (Wildman–Crippen MR) is 61.0 cm³/mol. The van der Waals surface area contributed by atoms with Crippen molar-refractivity contribution in [2.24, 2.45) is 0 Å². The molecule has 0 aromatic carbocycles. The quantitative estimate of drug-likeness (QED) is 0.762. The van der Waals surface area contributed by atoms with Crippen LogP contribution in [0.15, 0.2) is 4.42 Å². The molecule has 0 saturated carbocycles. The molecule has 1 N–H and O–H groups in total. The highest BCUT2D eigenvalue weighted by Crippen LogP contribution is 2.13. The molecule has 5 nitrogen and oxygen atoms in total. The third kappa shape index (κ3) is 3.90. The van der Waals surface area contributed by atoms with E-state index in [0.29, 0.717) is 24.9 Å². The lowest BCUT2D eigenvalue weighted by atomic mass is 10.2. The lowest BCUT2D eigenvalue weighted by molar-refractivity contribution is 0.177. The van der Waals surface area contributed by atoms with Gasteiger partial charge in [0, 0.05) is 12.5 Å². The molecule has 0 aliphatic rings. The van der Waals surface area contributed by atoms with Crippen molar-refractivity contribution in [1.29, 1.82) is 0 Å². The van der Waals surface area contributed by atoms with Gasteiger partial charge in [-0.15, -0.1) is 10.2 Å². The van der Waals surface area contributed by atoms with Crippen LogP contribution in [0.1, 0.15) is 44.9 Å². The molecule has 0 spiro atoms. The number of nitrogens with zero attached hydrogens (tertiary/aromatic N) is 3. The smallest absolute Gasteiger partial charge is 0.230 e. The summed E-state index contributed by atoms with van der Waals surface area (Å²) in [7, 11) is 0. The SMILES string of the molecule is CCCN(CCO)Cc1nnc(C(C)C)o1. The molecule has 0 amide bonds. The fourth-order valence-corrected chi connectivity index (χ4v) is 1.48. The first-order valence-corrected chi connectivity index (χ1v) is 5.82. The van der Waals surface area contributed by atoms with E-state index >= 15 is 0 Å². The van der Waals surface area contributed by atoms with E-state index in [0.717, 1.165) is 13.0 Å². The molecule has 1 rings (SSSR count). The Hall–Kier alpha value is -0.940. The summed E-state index contributed by atoms with van der Waals surface area (Å²) >= 11 is 0. The molecule has 0 atom stereocenters. The van der Waals surface area contributed by atoms with Crippen molar-refractivity contribution in [3.8, 4) is 0 Å². The Morgan fingerprint density at radius 2 is 2.06 bits per heavy atom. The molecular weight excluding hydrogens is 206 g/mol. The molecule has 0 saturated heterocycles. The molecule has 0 unspecified atom stereocenters. The summed E-state index contributed by atoms with van der Waals surface area (Å²) in [4.78, 5) is 2.11. The minimum Gasteiger partial charge on any atom is -0.424 e. The minimum absolute atomic E-state index is 0.158. The van der Waals surface area contributed by atoms with Crippen LogP contribution in [0.5, 0.6) is 0 Å². The number of aliphatic hydroxyl groups is 1. The average molecular weight is 227 g/mol. The zero-order chi connectivity index (χ0) is 12.0. The zero-order valence-electron chi connectivity index (χ0n) is 10.3. The lowest BCUT2D eigenvalue weighted by Gasteiger charge is -2.17. The number of aromatic nitrogens is 2. The van der Waals surface area contributed by atoms with Gasteiger partial charge in [0.1, 0.15) is 0 Å². The Bertz CT molecular complexity index is 293. The Morgan fingerprint density at radius 3 is 2.56 bits per heavy atom. The fourth-order valence-electron chi connectivity index (χ4n) is 1.48. The zero-order valence-corrected chi connectivity index (χ0v) is 10.3. The Kier molecular flexibility index (Phi) is 5.42. The average Bonchev–Trinajstić information content (AvgIpc) is 2.67. The maximum absolute atomic E-state index is 8.93. The van der Waals surface area contributed by atoms with Crippen molar-refractivity contribution in [3.05, 3.63) is 11.8 Å². The monoisotopic (exact) mass is 227 g/mol. The summed E-state index contributed by atoms with van der Waals surface area (Å²) in [6, 6.07) is 0. The molecule has 0 aliphatic carbocycles. The van der Waals surface area contributed by atoms with Crippen molar-refractivity contribution >= 4 is 0 Å². The first-order chi connectivity index (χ1) is 7.67. The summed E-state index contributed by atoms with van der Waals surface area (Å²) in [5.41, 5.74) is 0. The second-order valence-electron chi connectivity index (χ2n) is 4.19. The number of rotatable bonds is 7. The Morgan fingerprint density at radius 1 is 1.31 bits per heavy atom. The van der Waals surface area contributed by atoms with Crippen LogP contribution >= 0.6 is 0 Å². The van der Waals surface area contributed by atoms with Crippen LogP contribution in [-0.4, -0.2) is 39.9 Å². The third-order valence-corrected chi connectivity index (χ3v) is 2.29. The topological polar surface area (TPSA) is 62.4 Å². The first kappa shape index (κ1) is 13.1. The predicted octanol–water partition coefficient (Wildman–Crippen LogP) is 1.40. The highest BCUT2D eigenvalue weighted by atomic mass is 16.4. The van der Waals surface area contributed by atoms with Crippen molar-refractivity contribution < 1.29 is 9.52 Å². The number of aliphatic hydroxyl groups excluding tert-OH is 1. The normalized spacial score (nSPS) is 11.6. The molecular formula is C11H21N3O2. The molecule has 16 heavy (non-hydrogen) atoms. The number of hydrogen-bond acceptors (Lipinski definition) is 5. The van der Waals surface area contributed by atoms with Gasteiger partial charge in [0.25, 0.3) is 0 Å². The van der Waals surface area contributed by atoms with Crippen molar-refractivity contribution in [3.63, 3.8) is 0 Å². The number of hydrogen-bond donors (Lipinski definition) is 1. The molecule has 0 radical (unpaired) electrons. The van der Waals surface area contributed by atoms with Crippen LogP contribution in [-0.2, 0) is 6.54 Å². The van der Waals surface area contributed by atoms with Gasteiger partial charge >= 0.3 is 0 Å². The summed E-state index contributed by atoms with van der Waals surface area (Å²) in [6.07, 6.45) is 1.05. The van der Waals surface area contributed by atoms with Crippen molar-refractivity contribution in [2.75, 3.05) is 19.7 Å². The molecule has 1 aromatic heterocycles. The fraction of sp³-hybridized carbons (Fsp3) is 0.818. The molecule has 0 bridgehead atoms. The Labute approximate surface area is 96.5 Å². The van der Waals surface area contributed by atoms with Gasteiger partial charge in [-0.05, 0) is 13.0 Å². The summed E-state index contributed by atoms with van der Waals surface area (Å²) in [5, 5.41) is 16.9. The van der Waals surface area contributed by atoms with Gasteiger partial charge in [-0.2, -0.15) is 0 Å². The van der Waals surface area contributed by atoms with Crippen molar-refractivity contribution in [2.45, 2.75) is 39.7 Å². The highest BCUT2D eigenvalue weighted by Gasteiger charge is 2.12. The van der Waals surface area contributed by atoms with E-state index in [4.69, 9.17) is 9.52 Å². The molecule has 92 valence electrons. The second kappa shape index (κ2) is 6.60. The molecule has 1 aromatic rings. The molecule has 0 fully saturated rings. The third-order valence-electron chi connectivity index (χ3n) is 2.29. The van der Waals surface area contributed by atoms with Crippen LogP contribution in [0.25, 0.3) is 0 Å². The van der Waals surface area contributed by atoms with Gasteiger partial charge in [0.15, 0.2) is 0 Å². The van der Waals surface area contributed by atoms with E-state index in [2.05, 4.69) is 22.0 Å². The van der Waals surface area contributed by atoms with E-state index in [-0.39, 0.29) is 12.5 Å².